The summed E-state index contributed by atoms with van der Waals surface area (Å²) in [4.78, 5) is 43.3. The predicted molar refractivity (Wildman–Crippen MR) is 377 cm³/mol. The number of aliphatic carboxylic acids is 1. The molecule has 0 radical (unpaired) electrons. The molecular weight excluding hydrogens is 1200 g/mol. The molecule has 0 aliphatic carbocycles. The van der Waals surface area contributed by atoms with Crippen molar-refractivity contribution in [3.05, 3.63) is 117 Å². The molecule has 0 aromatic heterocycles. The summed E-state index contributed by atoms with van der Waals surface area (Å²) in [5, 5.41) is 22.7. The number of anilines is 4. The van der Waals surface area contributed by atoms with Gasteiger partial charge in [-0.3, -0.25) is 24.8 Å². The van der Waals surface area contributed by atoms with Crippen molar-refractivity contribution in [2.24, 2.45) is 85.8 Å². The summed E-state index contributed by atoms with van der Waals surface area (Å²) in [5.41, 5.74) is 49.5. The van der Waals surface area contributed by atoms with Gasteiger partial charge in [0.15, 0.2) is 0 Å². The Hall–Kier alpha value is -7.53. The molecule has 0 saturated heterocycles. The van der Waals surface area contributed by atoms with E-state index >= 15 is 0 Å². The zero-order valence-corrected chi connectivity index (χ0v) is 54.1. The highest BCUT2D eigenvalue weighted by Gasteiger charge is 2.03. The molecule has 4 aromatic carbocycles. The second-order valence-corrected chi connectivity index (χ2v) is 22.1. The van der Waals surface area contributed by atoms with Crippen LogP contribution in [-0.2, 0) is 4.79 Å². The molecule has 0 unspecified atom stereocenters. The fourth-order valence-corrected chi connectivity index (χ4v) is 8.55. The van der Waals surface area contributed by atoms with Crippen molar-refractivity contribution < 1.29 is 9.90 Å². The number of nitrogens with zero attached hydrogens (tertiary/aromatic N) is 8. The van der Waals surface area contributed by atoms with Crippen molar-refractivity contribution >= 4 is 123 Å². The maximum absolute atomic E-state index is 10.3. The number of nitrogens with two attached hydrogens (primary N) is 8. The van der Waals surface area contributed by atoms with Crippen LogP contribution < -0.4 is 67.1 Å². The second-order valence-electron chi connectivity index (χ2n) is 20.4. The van der Waals surface area contributed by atoms with E-state index < -0.39 is 5.97 Å². The van der Waals surface area contributed by atoms with Gasteiger partial charge in [0.05, 0.1) is 0 Å². The fourth-order valence-electron chi connectivity index (χ4n) is 8.05. The maximum atomic E-state index is 10.3. The highest BCUT2D eigenvalue weighted by molar-refractivity contribution is 6.31. The van der Waals surface area contributed by atoms with Gasteiger partial charge in [0.25, 0.3) is 0 Å². The molecule has 0 heterocycles. The Morgan fingerprint density at radius 1 is 0.330 bits per heavy atom. The molecular formula is C62H96Cl4N20O2. The van der Waals surface area contributed by atoms with E-state index in [4.69, 9.17) is 97.4 Å². The Balaban J connectivity index is 0.000000467. The number of aliphatic imine (C=N–C) groups is 8. The van der Waals surface area contributed by atoms with Crippen LogP contribution in [0.15, 0.2) is 137 Å². The van der Waals surface area contributed by atoms with E-state index in [1.54, 1.807) is 97.1 Å². The van der Waals surface area contributed by atoms with Gasteiger partial charge >= 0.3 is 5.97 Å². The van der Waals surface area contributed by atoms with E-state index in [-0.39, 0.29) is 47.7 Å². The third kappa shape index (κ3) is 44.0. The van der Waals surface area contributed by atoms with Crippen molar-refractivity contribution in [1.29, 1.82) is 0 Å². The van der Waals surface area contributed by atoms with Crippen LogP contribution in [0.1, 0.15) is 161 Å². The molecule has 0 spiro atoms. The van der Waals surface area contributed by atoms with Crippen LogP contribution in [0.4, 0.5) is 22.7 Å². The van der Waals surface area contributed by atoms with Crippen LogP contribution in [-0.4, -0.2) is 84.9 Å². The van der Waals surface area contributed by atoms with Gasteiger partial charge in [-0.25, -0.2) is 0 Å². The molecule has 0 aliphatic rings. The van der Waals surface area contributed by atoms with Crippen LogP contribution in [0.2, 0.25) is 20.1 Å². The van der Waals surface area contributed by atoms with E-state index in [1.807, 2.05) is 0 Å². The number of guanidine groups is 8. The number of nitrogens with one attached hydrogen (secondary N) is 4. The summed E-state index contributed by atoms with van der Waals surface area (Å²) >= 11 is 23.4. The highest BCUT2D eigenvalue weighted by atomic mass is 35.5. The van der Waals surface area contributed by atoms with Crippen molar-refractivity contribution in [2.45, 2.75) is 161 Å². The molecule has 21 N–H and O–H groups in total. The molecule has 0 amide bonds. The summed E-state index contributed by atoms with van der Waals surface area (Å²) < 4.78 is 0. The number of halogens is 4. The Morgan fingerprint density at radius 2 is 0.523 bits per heavy atom. The van der Waals surface area contributed by atoms with E-state index in [9.17, 15) is 4.79 Å². The molecule has 26 heteroatoms. The lowest BCUT2D eigenvalue weighted by molar-refractivity contribution is -0.137. The molecule has 0 bridgehead atoms. The lowest BCUT2D eigenvalue weighted by Crippen LogP contribution is -2.26. The van der Waals surface area contributed by atoms with Gasteiger partial charge in [-0.2, -0.15) is 20.0 Å². The number of rotatable bonds is 34. The summed E-state index contributed by atoms with van der Waals surface area (Å²) in [7, 11) is 0. The average molecular weight is 1300 g/mol. The Morgan fingerprint density at radius 3 is 0.727 bits per heavy atom. The summed E-state index contributed by atoms with van der Waals surface area (Å²) in [6.07, 6.45) is 27.6. The average Bonchev–Trinajstić information content (AvgIpc) is 3.70. The van der Waals surface area contributed by atoms with Gasteiger partial charge in [0.1, 0.15) is 0 Å². The number of carboxylic acids is 1. The smallest absolute Gasteiger partial charge is 0.303 e. The van der Waals surface area contributed by atoms with E-state index in [0.717, 1.165) is 87.0 Å². The van der Waals surface area contributed by atoms with Gasteiger partial charge in [-0.15, -0.1) is 0 Å². The second kappa shape index (κ2) is 49.5. The van der Waals surface area contributed by atoms with Gasteiger partial charge in [0, 0.05) is 75.4 Å². The summed E-state index contributed by atoms with van der Waals surface area (Å²) in [6.45, 7) is 4.52. The van der Waals surface area contributed by atoms with Crippen LogP contribution >= 0.6 is 46.4 Å². The normalized spacial score (nSPS) is 12.6. The first-order chi connectivity index (χ1) is 42.4. The standard InChI is InChI=1S/2C22H30Cl2N10.C18H36O2/c2*23-15-5-9-17(10-6-15)31-21(27)33-19(25)29-13-3-1-2-4-14-30-20(26)34-22(28)32-18-11-7-16(24)8-12-18;1-2-3-4-5-6-7-8-9-10-11-12-13-14-15-16-17-18(19)20/h2*5-12H,1-4,13-14H2,(H5,25,27,29,31,33)(H5,26,28,30,32,34);2-17H2,1H3,(H,19,20). The molecule has 88 heavy (non-hydrogen) atoms. The highest BCUT2D eigenvalue weighted by Crippen LogP contribution is 2.18. The Labute approximate surface area is 541 Å². The topological polar surface area (TPSA) is 392 Å². The monoisotopic (exact) mass is 1290 g/mol. The molecule has 0 atom stereocenters. The number of unbranched alkanes of at least 4 members (excludes halogenated alkanes) is 20. The summed E-state index contributed by atoms with van der Waals surface area (Å²) in [6, 6.07) is 28.3. The van der Waals surface area contributed by atoms with Gasteiger partial charge in [0.2, 0.25) is 47.7 Å². The SMILES string of the molecule is CCCCCCCCCCCCCCCCCC(=O)O.NC(=NCCCCCCN=C(N)N=C(N)Nc1ccc(Cl)cc1)N=C(N)Nc1ccc(Cl)cc1.NC(=NCCCCCCN=C(N)N=C(N)Nc1ccc(Cl)cc1)N=C(N)Nc1ccc(Cl)cc1. The summed E-state index contributed by atoms with van der Waals surface area (Å²) in [5.74, 6) is 0.475. The quantitative estimate of drug-likeness (QED) is 0.0117. The molecule has 4 rings (SSSR count). The molecule has 4 aromatic rings. The van der Waals surface area contributed by atoms with Gasteiger partial charge < -0.3 is 72.2 Å². The maximum Gasteiger partial charge on any atom is 0.303 e. The predicted octanol–water partition coefficient (Wildman–Crippen LogP) is 13.0. The van der Waals surface area contributed by atoms with Crippen molar-refractivity contribution in [3.63, 3.8) is 0 Å². The number of hydrogen-bond donors (Lipinski definition) is 13. The molecule has 0 saturated carbocycles. The van der Waals surface area contributed by atoms with Crippen molar-refractivity contribution in [1.82, 2.24) is 0 Å². The number of carboxylic acid groups (broad SMARTS) is 1. The fraction of sp³-hybridized carbons (Fsp3) is 0.468. The molecule has 22 nitrogen and oxygen atoms in total. The minimum Gasteiger partial charge on any atom is -0.481 e. The minimum absolute atomic E-state index is 0.124. The van der Waals surface area contributed by atoms with E-state index in [2.05, 4.69) is 68.1 Å². The number of benzene rings is 4. The third-order valence-electron chi connectivity index (χ3n) is 12.6. The lowest BCUT2D eigenvalue weighted by Gasteiger charge is -2.05. The first-order valence-electron chi connectivity index (χ1n) is 30.3. The number of carbonyl (C=O) groups is 1. The van der Waals surface area contributed by atoms with Crippen LogP contribution in [0, 0.1) is 0 Å². The minimum atomic E-state index is -0.653. The first kappa shape index (κ1) is 76.6. The zero-order chi connectivity index (χ0) is 64.4. The number of hydrogen-bond acceptors (Lipinski definition) is 5. The van der Waals surface area contributed by atoms with Gasteiger partial charge in [-0.05, 0) is 129 Å². The lowest BCUT2D eigenvalue weighted by atomic mass is 10.0. The van der Waals surface area contributed by atoms with E-state index in [1.165, 1.54) is 83.5 Å². The van der Waals surface area contributed by atoms with Crippen LogP contribution in [0.25, 0.3) is 0 Å². The first-order valence-corrected chi connectivity index (χ1v) is 31.8. The van der Waals surface area contributed by atoms with E-state index in [0.29, 0.717) is 52.7 Å². The molecule has 0 aliphatic heterocycles. The van der Waals surface area contributed by atoms with Crippen molar-refractivity contribution in [2.75, 3.05) is 47.4 Å². The zero-order valence-electron chi connectivity index (χ0n) is 51.1. The van der Waals surface area contributed by atoms with Crippen LogP contribution in [0.5, 0.6) is 0 Å². The third-order valence-corrected chi connectivity index (χ3v) is 13.6. The Bertz CT molecular complexity index is 2440. The Kier molecular flexibility index (Phi) is 43.0. The van der Waals surface area contributed by atoms with Gasteiger partial charge in [-0.1, -0.05) is 169 Å². The van der Waals surface area contributed by atoms with Crippen LogP contribution in [0.3, 0.4) is 0 Å². The largest absolute Gasteiger partial charge is 0.481 e. The molecule has 0 fully saturated rings. The van der Waals surface area contributed by atoms with Crippen molar-refractivity contribution in [3.8, 4) is 0 Å². The molecule has 484 valence electrons.